The van der Waals surface area contributed by atoms with Crippen LogP contribution in [0.5, 0.6) is 0 Å². The fourth-order valence-electron chi connectivity index (χ4n) is 2.64. The summed E-state index contributed by atoms with van der Waals surface area (Å²) >= 11 is 0. The third-order valence-corrected chi connectivity index (χ3v) is 4.80. The SMILES string of the molecule is FC(F)(F)C(F)(F)C(F)(F)C(F)(F)c1ccnc(-c2cc(C(F)(F)C(F)(F)C(F)(F)C(F)(F)F)ccn2)c1. The standard InChI is InChI=1S/C18H6F18N2/c19-11(20,13(23,24)15(27,28)17(31,32)33)7-1-3-37-9(5-7)10-6-8(2-4-38-10)12(21,22)14(25,26)16(29,30)18(34,35)36/h1-6H. The minimum atomic E-state index is -7.33. The lowest BCUT2D eigenvalue weighted by atomic mass is 9.95. The van der Waals surface area contributed by atoms with Gasteiger partial charge in [0.05, 0.1) is 11.4 Å². The predicted octanol–water partition coefficient (Wildman–Crippen LogP) is 7.99. The van der Waals surface area contributed by atoms with E-state index in [1.807, 2.05) is 0 Å². The van der Waals surface area contributed by atoms with Crippen LogP contribution in [0.3, 0.4) is 0 Å². The van der Waals surface area contributed by atoms with Crippen LogP contribution < -0.4 is 0 Å². The molecule has 0 radical (unpaired) electrons. The first-order valence-corrected chi connectivity index (χ1v) is 9.01. The van der Waals surface area contributed by atoms with Crippen LogP contribution in [0.1, 0.15) is 11.1 Å². The number of alkyl halides is 18. The number of pyridine rings is 2. The van der Waals surface area contributed by atoms with E-state index in [1.54, 1.807) is 0 Å². The smallest absolute Gasteiger partial charge is 0.255 e. The van der Waals surface area contributed by atoms with Crippen molar-refractivity contribution in [3.8, 4) is 11.4 Å². The molecule has 214 valence electrons. The number of halogens is 18. The molecule has 2 rings (SSSR count). The Bertz CT molecular complexity index is 1070. The Morgan fingerprint density at radius 2 is 0.658 bits per heavy atom. The van der Waals surface area contributed by atoms with E-state index in [2.05, 4.69) is 9.97 Å². The van der Waals surface area contributed by atoms with E-state index in [-0.39, 0.29) is 24.5 Å². The third kappa shape index (κ3) is 4.48. The highest BCUT2D eigenvalue weighted by Gasteiger charge is 2.83. The Morgan fingerprint density at radius 3 is 0.895 bits per heavy atom. The van der Waals surface area contributed by atoms with Crippen molar-refractivity contribution in [3.63, 3.8) is 0 Å². The first kappa shape index (κ1) is 31.3. The lowest BCUT2D eigenvalue weighted by Crippen LogP contribution is -2.59. The average Bonchev–Trinajstić information content (AvgIpc) is 2.77. The van der Waals surface area contributed by atoms with E-state index < -0.39 is 82.5 Å². The van der Waals surface area contributed by atoms with Gasteiger partial charge < -0.3 is 0 Å². The second-order valence-corrected chi connectivity index (χ2v) is 7.30. The van der Waals surface area contributed by atoms with Crippen molar-refractivity contribution in [2.24, 2.45) is 0 Å². The Kier molecular flexibility index (Phi) is 7.23. The van der Waals surface area contributed by atoms with Crippen LogP contribution in [0.15, 0.2) is 36.7 Å². The van der Waals surface area contributed by atoms with Gasteiger partial charge in [-0.15, -0.1) is 0 Å². The molecule has 38 heavy (non-hydrogen) atoms. The lowest BCUT2D eigenvalue weighted by molar-refractivity contribution is -0.399. The molecule has 0 aliphatic carbocycles. The molecule has 2 heterocycles. The molecule has 0 saturated heterocycles. The van der Waals surface area contributed by atoms with Gasteiger partial charge in [-0.1, -0.05) is 0 Å². The highest BCUT2D eigenvalue weighted by Crippen LogP contribution is 2.58. The van der Waals surface area contributed by atoms with Crippen molar-refractivity contribution in [2.75, 3.05) is 0 Å². The molecule has 0 amide bonds. The van der Waals surface area contributed by atoms with Gasteiger partial charge >= 0.3 is 47.9 Å². The molecule has 2 aromatic rings. The number of rotatable bonds is 7. The molecular weight excluding hydrogens is 586 g/mol. The number of hydrogen-bond donors (Lipinski definition) is 0. The molecule has 0 unspecified atom stereocenters. The molecule has 2 nitrogen and oxygen atoms in total. The molecule has 2 aromatic heterocycles. The zero-order valence-corrected chi connectivity index (χ0v) is 17.2. The summed E-state index contributed by atoms with van der Waals surface area (Å²) in [5.41, 5.74) is -7.47. The minimum absolute atomic E-state index is 0.0271. The molecule has 0 spiro atoms. The predicted molar refractivity (Wildman–Crippen MR) is 87.2 cm³/mol. The van der Waals surface area contributed by atoms with Crippen LogP contribution in [-0.2, 0) is 11.8 Å². The Hall–Kier alpha value is -2.96. The molecule has 0 bridgehead atoms. The van der Waals surface area contributed by atoms with Crippen molar-refractivity contribution >= 4 is 0 Å². The zero-order valence-electron chi connectivity index (χ0n) is 17.2. The van der Waals surface area contributed by atoms with Crippen molar-refractivity contribution in [3.05, 3.63) is 47.8 Å². The van der Waals surface area contributed by atoms with Crippen molar-refractivity contribution < 1.29 is 79.0 Å². The average molecular weight is 592 g/mol. The van der Waals surface area contributed by atoms with Gasteiger partial charge in [-0.05, 0) is 24.3 Å². The van der Waals surface area contributed by atoms with Crippen LogP contribution in [0.2, 0.25) is 0 Å². The quantitative estimate of drug-likeness (QED) is 0.305. The summed E-state index contributed by atoms with van der Waals surface area (Å²) in [5.74, 6) is -41.8. The molecule has 0 aliphatic rings. The Morgan fingerprint density at radius 1 is 0.395 bits per heavy atom. The first-order valence-electron chi connectivity index (χ1n) is 9.01. The largest absolute Gasteiger partial charge is 0.460 e. The van der Waals surface area contributed by atoms with Gasteiger partial charge in [-0.25, -0.2) is 0 Å². The van der Waals surface area contributed by atoms with E-state index in [0.29, 0.717) is 0 Å². The Labute approximate surface area is 197 Å². The van der Waals surface area contributed by atoms with Crippen LogP contribution in [0.4, 0.5) is 79.0 Å². The molecule has 0 saturated carbocycles. The summed E-state index contributed by atoms with van der Waals surface area (Å²) in [5, 5.41) is 0. The summed E-state index contributed by atoms with van der Waals surface area (Å²) in [6, 6.07) is -1.26. The maximum atomic E-state index is 14.1. The Balaban J connectivity index is 2.62. The van der Waals surface area contributed by atoms with Crippen molar-refractivity contribution in [1.82, 2.24) is 9.97 Å². The number of hydrogen-bond acceptors (Lipinski definition) is 2. The summed E-state index contributed by atoms with van der Waals surface area (Å²) < 4.78 is 237. The summed E-state index contributed by atoms with van der Waals surface area (Å²) in [6.07, 6.45) is -14.3. The van der Waals surface area contributed by atoms with E-state index >= 15 is 0 Å². The maximum Gasteiger partial charge on any atom is 0.460 e. The normalized spacial score (nSPS) is 15.1. The molecule has 0 aliphatic heterocycles. The van der Waals surface area contributed by atoms with E-state index in [1.165, 1.54) is 0 Å². The molecular formula is C18H6F18N2. The fraction of sp³-hybridized carbons (Fsp3) is 0.444. The highest BCUT2D eigenvalue weighted by atomic mass is 19.4. The molecule has 0 atom stereocenters. The van der Waals surface area contributed by atoms with Crippen molar-refractivity contribution in [1.29, 1.82) is 0 Å². The van der Waals surface area contributed by atoms with Crippen LogP contribution >= 0.6 is 0 Å². The van der Waals surface area contributed by atoms with Gasteiger partial charge in [-0.2, -0.15) is 79.0 Å². The van der Waals surface area contributed by atoms with Gasteiger partial charge in [0.2, 0.25) is 0 Å². The second-order valence-electron chi connectivity index (χ2n) is 7.30. The lowest BCUT2D eigenvalue weighted by Gasteiger charge is -2.34. The van der Waals surface area contributed by atoms with Gasteiger partial charge in [-0.3, -0.25) is 9.97 Å². The minimum Gasteiger partial charge on any atom is -0.255 e. The summed E-state index contributed by atoms with van der Waals surface area (Å²) in [4.78, 5) is 6.16. The fourth-order valence-corrected chi connectivity index (χ4v) is 2.64. The first-order chi connectivity index (χ1) is 16.7. The van der Waals surface area contributed by atoms with E-state index in [4.69, 9.17) is 0 Å². The van der Waals surface area contributed by atoms with E-state index in [9.17, 15) is 79.0 Å². The molecule has 0 fully saturated rings. The monoisotopic (exact) mass is 592 g/mol. The van der Waals surface area contributed by atoms with Crippen molar-refractivity contribution in [2.45, 2.75) is 47.9 Å². The van der Waals surface area contributed by atoms with Gasteiger partial charge in [0.15, 0.2) is 0 Å². The topological polar surface area (TPSA) is 25.8 Å². The zero-order chi connectivity index (χ0) is 30.0. The molecule has 0 N–H and O–H groups in total. The maximum absolute atomic E-state index is 14.1. The second kappa shape index (κ2) is 8.78. The molecule has 0 aromatic carbocycles. The van der Waals surface area contributed by atoms with Gasteiger partial charge in [0.1, 0.15) is 0 Å². The summed E-state index contributed by atoms with van der Waals surface area (Å²) in [7, 11) is 0. The van der Waals surface area contributed by atoms with Crippen LogP contribution in [0.25, 0.3) is 11.4 Å². The third-order valence-electron chi connectivity index (χ3n) is 4.80. The van der Waals surface area contributed by atoms with Gasteiger partial charge in [0.25, 0.3) is 0 Å². The molecule has 20 heteroatoms. The van der Waals surface area contributed by atoms with Crippen LogP contribution in [-0.4, -0.2) is 46.0 Å². The number of nitrogens with zero attached hydrogens (tertiary/aromatic N) is 2. The van der Waals surface area contributed by atoms with Crippen LogP contribution in [0, 0.1) is 0 Å². The van der Waals surface area contributed by atoms with Gasteiger partial charge in [0, 0.05) is 23.5 Å². The number of aromatic nitrogens is 2. The summed E-state index contributed by atoms with van der Waals surface area (Å²) in [6.45, 7) is 0. The highest BCUT2D eigenvalue weighted by molar-refractivity contribution is 5.57. The van der Waals surface area contributed by atoms with E-state index in [0.717, 1.165) is 0 Å².